The number of nitrogens with zero attached hydrogens (tertiary/aromatic N) is 2. The van der Waals surface area contributed by atoms with E-state index in [-0.39, 0.29) is 5.91 Å². The molecule has 1 atom stereocenters. The van der Waals surface area contributed by atoms with Crippen LogP contribution in [0.25, 0.3) is 0 Å². The van der Waals surface area contributed by atoms with E-state index in [1.165, 1.54) is 30.2 Å². The summed E-state index contributed by atoms with van der Waals surface area (Å²) < 4.78 is 11.6. The van der Waals surface area contributed by atoms with Crippen LogP contribution in [0.1, 0.15) is 13.8 Å². The summed E-state index contributed by atoms with van der Waals surface area (Å²) in [6, 6.07) is 12.7. The van der Waals surface area contributed by atoms with Crippen LogP contribution >= 0.6 is 34.7 Å². The van der Waals surface area contributed by atoms with Crippen molar-refractivity contribution >= 4 is 57.1 Å². The highest BCUT2D eigenvalue weighted by atomic mass is 35.5. The number of thioether (sulfide) groups is 1. The zero-order valence-electron chi connectivity index (χ0n) is 16.6. The molecule has 0 saturated carbocycles. The van der Waals surface area contributed by atoms with Crippen molar-refractivity contribution in [2.45, 2.75) is 23.4 Å². The first kappa shape index (κ1) is 22.2. The van der Waals surface area contributed by atoms with Crippen molar-refractivity contribution < 1.29 is 14.3 Å². The summed E-state index contributed by atoms with van der Waals surface area (Å²) in [5.41, 5.74) is 1.33. The first-order chi connectivity index (χ1) is 14.5. The Morgan fingerprint density at radius 2 is 2.00 bits per heavy atom. The number of aromatic nitrogens is 2. The lowest BCUT2D eigenvalue weighted by molar-refractivity contribution is -0.115. The van der Waals surface area contributed by atoms with Gasteiger partial charge in [-0.15, -0.1) is 10.2 Å². The highest BCUT2D eigenvalue weighted by molar-refractivity contribution is 8.02. The minimum atomic E-state index is -0.398. The molecule has 1 aromatic heterocycles. The number of halogens is 1. The molecule has 0 bridgehead atoms. The summed E-state index contributed by atoms with van der Waals surface area (Å²) in [4.78, 5) is 12.6. The third-order valence-corrected chi connectivity index (χ3v) is 6.16. The average molecular weight is 465 g/mol. The Bertz CT molecular complexity index is 1020. The van der Waals surface area contributed by atoms with Crippen LogP contribution < -0.4 is 20.1 Å². The van der Waals surface area contributed by atoms with Crippen LogP contribution in [0.4, 0.5) is 16.5 Å². The molecule has 0 fully saturated rings. The van der Waals surface area contributed by atoms with Gasteiger partial charge in [-0.3, -0.25) is 4.79 Å². The summed E-state index contributed by atoms with van der Waals surface area (Å²) in [5, 5.41) is 15.1. The number of methoxy groups -OCH3 is 1. The van der Waals surface area contributed by atoms with Crippen molar-refractivity contribution in [1.82, 2.24) is 10.2 Å². The zero-order valence-corrected chi connectivity index (χ0v) is 19.0. The Balaban J connectivity index is 1.63. The van der Waals surface area contributed by atoms with Gasteiger partial charge in [0.15, 0.2) is 4.34 Å². The van der Waals surface area contributed by atoms with Gasteiger partial charge in [0.2, 0.25) is 11.0 Å². The Labute approximate surface area is 188 Å². The molecule has 0 aliphatic heterocycles. The van der Waals surface area contributed by atoms with Crippen LogP contribution in [0.5, 0.6) is 11.5 Å². The molecule has 0 aliphatic rings. The van der Waals surface area contributed by atoms with E-state index in [9.17, 15) is 4.79 Å². The van der Waals surface area contributed by atoms with E-state index in [2.05, 4.69) is 20.8 Å². The second-order valence-corrected chi connectivity index (χ2v) is 9.02. The molecular formula is C20H21ClN4O3S2. The molecular weight excluding hydrogens is 444 g/mol. The molecule has 30 heavy (non-hydrogen) atoms. The predicted molar refractivity (Wildman–Crippen MR) is 123 cm³/mol. The van der Waals surface area contributed by atoms with Crippen molar-refractivity contribution in [3.8, 4) is 11.5 Å². The lowest BCUT2D eigenvalue weighted by Crippen LogP contribution is -2.22. The minimum absolute atomic E-state index is 0.188. The molecule has 3 aromatic rings. The fourth-order valence-electron chi connectivity index (χ4n) is 2.49. The number of carbonyl (C=O) groups is 1. The maximum atomic E-state index is 12.6. The lowest BCUT2D eigenvalue weighted by atomic mass is 10.3. The number of hydrogen-bond donors (Lipinski definition) is 2. The van der Waals surface area contributed by atoms with E-state index >= 15 is 0 Å². The van der Waals surface area contributed by atoms with Gasteiger partial charge in [-0.2, -0.15) is 0 Å². The van der Waals surface area contributed by atoms with Crippen molar-refractivity contribution in [3.05, 3.63) is 47.5 Å². The number of benzene rings is 2. The van der Waals surface area contributed by atoms with E-state index < -0.39 is 5.25 Å². The second-order valence-electron chi connectivity index (χ2n) is 6.02. The van der Waals surface area contributed by atoms with Gasteiger partial charge in [-0.05, 0) is 44.2 Å². The Hall–Kier alpha value is -2.49. The molecule has 158 valence electrons. The lowest BCUT2D eigenvalue weighted by Gasteiger charge is -2.13. The topological polar surface area (TPSA) is 85.4 Å². The molecule has 1 amide bonds. The van der Waals surface area contributed by atoms with E-state index in [0.29, 0.717) is 32.5 Å². The molecule has 2 aromatic carbocycles. The molecule has 0 spiro atoms. The number of rotatable bonds is 9. The fraction of sp³-hybridized carbons (Fsp3) is 0.250. The quantitative estimate of drug-likeness (QED) is 0.406. The van der Waals surface area contributed by atoms with E-state index in [0.717, 1.165) is 11.4 Å². The molecule has 0 unspecified atom stereocenters. The number of nitrogens with one attached hydrogen (secondary N) is 2. The Kier molecular flexibility index (Phi) is 7.78. The van der Waals surface area contributed by atoms with Crippen LogP contribution in [-0.2, 0) is 4.79 Å². The fourth-order valence-corrected chi connectivity index (χ4v) is 4.57. The first-order valence-corrected chi connectivity index (χ1v) is 11.2. The summed E-state index contributed by atoms with van der Waals surface area (Å²) in [7, 11) is 1.54. The van der Waals surface area contributed by atoms with Gasteiger partial charge < -0.3 is 20.1 Å². The van der Waals surface area contributed by atoms with Crippen molar-refractivity contribution in [2.75, 3.05) is 24.4 Å². The van der Waals surface area contributed by atoms with Gasteiger partial charge in [0.25, 0.3) is 0 Å². The Morgan fingerprint density at radius 1 is 1.20 bits per heavy atom. The van der Waals surface area contributed by atoms with Crippen molar-refractivity contribution in [2.24, 2.45) is 0 Å². The Morgan fingerprint density at radius 3 is 2.77 bits per heavy atom. The van der Waals surface area contributed by atoms with Gasteiger partial charge >= 0.3 is 0 Å². The van der Waals surface area contributed by atoms with Gasteiger partial charge in [-0.1, -0.05) is 46.8 Å². The number of carbonyl (C=O) groups excluding carboxylic acids is 1. The molecule has 0 aliphatic carbocycles. The van der Waals surface area contributed by atoms with Crippen LogP contribution in [-0.4, -0.2) is 35.1 Å². The zero-order chi connectivity index (χ0) is 21.5. The second kappa shape index (κ2) is 10.5. The molecule has 2 N–H and O–H groups in total. The predicted octanol–water partition coefficient (Wildman–Crippen LogP) is 5.46. The van der Waals surface area contributed by atoms with E-state index in [4.69, 9.17) is 21.1 Å². The molecule has 0 radical (unpaired) electrons. The highest BCUT2D eigenvalue weighted by Gasteiger charge is 2.19. The molecule has 3 rings (SSSR count). The summed E-state index contributed by atoms with van der Waals surface area (Å²) in [6.45, 7) is 4.30. The van der Waals surface area contributed by atoms with Crippen LogP contribution in [0, 0.1) is 0 Å². The maximum absolute atomic E-state index is 12.6. The monoisotopic (exact) mass is 464 g/mol. The highest BCUT2D eigenvalue weighted by Crippen LogP contribution is 2.34. The molecule has 10 heteroatoms. The molecule has 7 nitrogen and oxygen atoms in total. The summed E-state index contributed by atoms with van der Waals surface area (Å²) >= 11 is 8.71. The van der Waals surface area contributed by atoms with Crippen LogP contribution in [0.2, 0.25) is 5.02 Å². The van der Waals surface area contributed by atoms with E-state index in [1.54, 1.807) is 25.1 Å². The van der Waals surface area contributed by atoms with Gasteiger partial charge in [0.1, 0.15) is 11.5 Å². The summed E-state index contributed by atoms with van der Waals surface area (Å²) in [6.07, 6.45) is 0. The third-order valence-electron chi connectivity index (χ3n) is 3.90. The standard InChI is InChI=1S/C20H21ClN4O3S2/c1-4-28-17-8-6-5-7-14(17)23-19-24-25-20(30-19)29-12(2)18(26)22-15-11-13(21)9-10-16(15)27-3/h5-12H,4H2,1-3H3,(H,22,26)(H,23,24)/t12-/m1/s1. The van der Waals surface area contributed by atoms with Gasteiger partial charge in [-0.25, -0.2) is 0 Å². The molecule has 0 saturated heterocycles. The maximum Gasteiger partial charge on any atom is 0.237 e. The normalized spacial score (nSPS) is 11.6. The van der Waals surface area contributed by atoms with Gasteiger partial charge in [0, 0.05) is 5.02 Å². The minimum Gasteiger partial charge on any atom is -0.495 e. The van der Waals surface area contributed by atoms with Crippen LogP contribution in [0.15, 0.2) is 46.8 Å². The number of ether oxygens (including phenoxy) is 2. The number of para-hydroxylation sites is 2. The first-order valence-electron chi connectivity index (χ1n) is 9.13. The number of anilines is 3. The van der Waals surface area contributed by atoms with Crippen molar-refractivity contribution in [1.29, 1.82) is 0 Å². The third kappa shape index (κ3) is 5.78. The SMILES string of the molecule is CCOc1ccccc1Nc1nnc(S[C@H](C)C(=O)Nc2cc(Cl)ccc2OC)s1. The average Bonchev–Trinajstić information content (AvgIpc) is 3.16. The van der Waals surface area contributed by atoms with Crippen LogP contribution in [0.3, 0.4) is 0 Å². The number of hydrogen-bond acceptors (Lipinski definition) is 8. The smallest absolute Gasteiger partial charge is 0.237 e. The molecule has 1 heterocycles. The van der Waals surface area contributed by atoms with Crippen molar-refractivity contribution in [3.63, 3.8) is 0 Å². The summed E-state index contributed by atoms with van der Waals surface area (Å²) in [5.74, 6) is 1.10. The van der Waals surface area contributed by atoms with E-state index in [1.807, 2.05) is 31.2 Å². The number of amides is 1. The van der Waals surface area contributed by atoms with Gasteiger partial charge in [0.05, 0.1) is 30.3 Å². The largest absolute Gasteiger partial charge is 0.495 e.